The van der Waals surface area contributed by atoms with Crippen molar-refractivity contribution in [1.82, 2.24) is 4.90 Å². The van der Waals surface area contributed by atoms with E-state index in [1.807, 2.05) is 0 Å². The molecule has 1 aliphatic heterocycles. The highest BCUT2D eigenvalue weighted by Crippen LogP contribution is 2.38. The lowest BCUT2D eigenvalue weighted by atomic mass is 10.1. The number of hydrogen-bond donors (Lipinski definition) is 2. The zero-order valence-corrected chi connectivity index (χ0v) is 12.6. The highest BCUT2D eigenvalue weighted by Gasteiger charge is 2.36. The number of aliphatic carboxylic acids is 1. The first kappa shape index (κ1) is 17.6. The maximum absolute atomic E-state index is 13.0. The average molecular weight is 351 g/mol. The van der Waals surface area contributed by atoms with Gasteiger partial charge in [-0.1, -0.05) is 17.7 Å². The molecule has 1 heterocycles. The number of nitrogens with zero attached hydrogens (tertiary/aromatic N) is 1. The number of para-hydroxylation sites is 1. The number of hydrogen-bond acceptors (Lipinski definition) is 3. The second kappa shape index (κ2) is 6.76. The van der Waals surface area contributed by atoms with Crippen molar-refractivity contribution < 1.29 is 27.9 Å². The summed E-state index contributed by atoms with van der Waals surface area (Å²) >= 11 is 5.75. The third-order valence-electron chi connectivity index (χ3n) is 3.58. The second-order valence-corrected chi connectivity index (χ2v) is 5.58. The topological polar surface area (TPSA) is 69.6 Å². The average Bonchev–Trinajstić information content (AvgIpc) is 2.88. The van der Waals surface area contributed by atoms with Gasteiger partial charge in [0.05, 0.1) is 22.8 Å². The van der Waals surface area contributed by atoms with Gasteiger partial charge >= 0.3 is 12.1 Å². The van der Waals surface area contributed by atoms with E-state index in [0.717, 1.165) is 12.1 Å². The Labute approximate surface area is 135 Å². The smallest absolute Gasteiger partial charge is 0.418 e. The first-order valence-corrected chi connectivity index (χ1v) is 7.20. The van der Waals surface area contributed by atoms with Crippen LogP contribution in [0.25, 0.3) is 0 Å². The zero-order valence-electron chi connectivity index (χ0n) is 11.9. The molecule has 1 saturated heterocycles. The number of halogens is 4. The Bertz CT molecular complexity index is 622. The Balaban J connectivity index is 2.13. The Hall–Kier alpha value is -1.80. The molecule has 0 radical (unpaired) electrons. The Morgan fingerprint density at radius 3 is 2.70 bits per heavy atom. The van der Waals surface area contributed by atoms with E-state index in [1.54, 1.807) is 0 Å². The van der Waals surface area contributed by atoms with Crippen molar-refractivity contribution in [3.63, 3.8) is 0 Å². The zero-order chi connectivity index (χ0) is 17.2. The minimum atomic E-state index is -4.66. The van der Waals surface area contributed by atoms with E-state index in [2.05, 4.69) is 5.32 Å². The molecule has 1 aliphatic rings. The van der Waals surface area contributed by atoms with E-state index in [-0.39, 0.29) is 11.6 Å². The van der Waals surface area contributed by atoms with Crippen LogP contribution in [0.1, 0.15) is 18.4 Å². The SMILES string of the molecule is O=C(CN1CCC[C@H]1C(=O)O)Nc1c(Cl)cccc1C(F)(F)F. The van der Waals surface area contributed by atoms with Crippen molar-refractivity contribution in [3.05, 3.63) is 28.8 Å². The van der Waals surface area contributed by atoms with Gasteiger partial charge in [-0.25, -0.2) is 0 Å². The fourth-order valence-corrected chi connectivity index (χ4v) is 2.77. The maximum atomic E-state index is 13.0. The molecule has 126 valence electrons. The number of nitrogens with one attached hydrogen (secondary N) is 1. The van der Waals surface area contributed by atoms with Crippen molar-refractivity contribution in [2.24, 2.45) is 0 Å². The van der Waals surface area contributed by atoms with Crippen molar-refractivity contribution in [1.29, 1.82) is 0 Å². The molecule has 0 saturated carbocycles. The number of likely N-dealkylation sites (tertiary alicyclic amines) is 1. The number of benzene rings is 1. The Kier molecular flexibility index (Phi) is 5.16. The largest absolute Gasteiger partial charge is 0.480 e. The number of rotatable bonds is 4. The molecule has 2 N–H and O–H groups in total. The van der Waals surface area contributed by atoms with Crippen molar-refractivity contribution in [2.45, 2.75) is 25.1 Å². The van der Waals surface area contributed by atoms with E-state index in [1.165, 1.54) is 11.0 Å². The van der Waals surface area contributed by atoms with E-state index in [4.69, 9.17) is 16.7 Å². The molecule has 1 fully saturated rings. The second-order valence-electron chi connectivity index (χ2n) is 5.18. The molecule has 9 heteroatoms. The number of anilines is 1. The first-order chi connectivity index (χ1) is 10.7. The minimum Gasteiger partial charge on any atom is -0.480 e. The predicted molar refractivity (Wildman–Crippen MR) is 77.3 cm³/mol. The molecule has 1 atom stereocenters. The number of carbonyl (C=O) groups is 2. The van der Waals surface area contributed by atoms with E-state index in [0.29, 0.717) is 19.4 Å². The van der Waals surface area contributed by atoms with Crippen molar-refractivity contribution in [3.8, 4) is 0 Å². The number of carboxylic acids is 1. The third kappa shape index (κ3) is 4.14. The number of amides is 1. The summed E-state index contributed by atoms with van der Waals surface area (Å²) in [6, 6.07) is 2.40. The normalized spacial score (nSPS) is 18.9. The van der Waals surface area contributed by atoms with Crippen LogP contribution >= 0.6 is 11.6 Å². The van der Waals surface area contributed by atoms with Gasteiger partial charge in [-0.05, 0) is 31.5 Å². The molecule has 0 spiro atoms. The molecule has 1 amide bonds. The molecule has 0 bridgehead atoms. The minimum absolute atomic E-state index is 0.232. The first-order valence-electron chi connectivity index (χ1n) is 6.82. The lowest BCUT2D eigenvalue weighted by molar-refractivity contribution is -0.142. The molecule has 0 aliphatic carbocycles. The van der Waals surface area contributed by atoms with Crippen LogP contribution in [0.3, 0.4) is 0 Å². The van der Waals surface area contributed by atoms with Gasteiger partial charge in [-0.3, -0.25) is 14.5 Å². The quantitative estimate of drug-likeness (QED) is 0.876. The molecule has 1 aromatic carbocycles. The van der Waals surface area contributed by atoms with E-state index < -0.39 is 35.3 Å². The maximum Gasteiger partial charge on any atom is 0.418 e. The summed E-state index contributed by atoms with van der Waals surface area (Å²) < 4.78 is 38.9. The summed E-state index contributed by atoms with van der Waals surface area (Å²) in [5, 5.41) is 11.0. The van der Waals surface area contributed by atoms with Crippen LogP contribution in [0.5, 0.6) is 0 Å². The molecule has 23 heavy (non-hydrogen) atoms. The molecule has 2 rings (SSSR count). The monoisotopic (exact) mass is 350 g/mol. The van der Waals surface area contributed by atoms with Gasteiger partial charge in [0.2, 0.25) is 5.91 Å². The Morgan fingerprint density at radius 1 is 1.39 bits per heavy atom. The van der Waals surface area contributed by atoms with Crippen molar-refractivity contribution >= 4 is 29.2 Å². The summed E-state index contributed by atoms with van der Waals surface area (Å²) in [7, 11) is 0. The third-order valence-corrected chi connectivity index (χ3v) is 3.89. The van der Waals surface area contributed by atoms with Gasteiger partial charge in [0.15, 0.2) is 0 Å². The molecule has 0 aromatic heterocycles. The van der Waals surface area contributed by atoms with Crippen LogP contribution in [0, 0.1) is 0 Å². The highest BCUT2D eigenvalue weighted by atomic mass is 35.5. The summed E-state index contributed by atoms with van der Waals surface area (Å²) in [5.41, 5.74) is -1.56. The molecule has 5 nitrogen and oxygen atoms in total. The predicted octanol–water partition coefficient (Wildman–Crippen LogP) is 2.85. The van der Waals surface area contributed by atoms with Crippen LogP contribution < -0.4 is 5.32 Å². The fraction of sp³-hybridized carbons (Fsp3) is 0.429. The van der Waals surface area contributed by atoms with Gasteiger partial charge in [-0.2, -0.15) is 13.2 Å². The van der Waals surface area contributed by atoms with Crippen LogP contribution in [0.15, 0.2) is 18.2 Å². The van der Waals surface area contributed by atoms with Crippen LogP contribution in [0.4, 0.5) is 18.9 Å². The summed E-state index contributed by atoms with van der Waals surface area (Å²) in [4.78, 5) is 24.5. The van der Waals surface area contributed by atoms with Crippen LogP contribution in [-0.4, -0.2) is 41.0 Å². The highest BCUT2D eigenvalue weighted by molar-refractivity contribution is 6.34. The lowest BCUT2D eigenvalue weighted by Crippen LogP contribution is -2.41. The molecular formula is C14H14ClF3N2O3. The van der Waals surface area contributed by atoms with Crippen molar-refractivity contribution in [2.75, 3.05) is 18.4 Å². The summed E-state index contributed by atoms with van der Waals surface area (Å²) in [6.45, 7) is 0.0958. The van der Waals surface area contributed by atoms with E-state index in [9.17, 15) is 22.8 Å². The van der Waals surface area contributed by atoms with E-state index >= 15 is 0 Å². The molecular weight excluding hydrogens is 337 g/mol. The molecule has 0 unspecified atom stereocenters. The van der Waals surface area contributed by atoms with Gasteiger partial charge in [0.1, 0.15) is 6.04 Å². The van der Waals surface area contributed by atoms with Gasteiger partial charge in [-0.15, -0.1) is 0 Å². The fourth-order valence-electron chi connectivity index (χ4n) is 2.55. The van der Waals surface area contributed by atoms with Gasteiger partial charge in [0.25, 0.3) is 0 Å². The number of carbonyl (C=O) groups excluding carboxylic acids is 1. The Morgan fingerprint density at radius 2 is 2.09 bits per heavy atom. The van der Waals surface area contributed by atoms with Gasteiger partial charge < -0.3 is 10.4 Å². The van der Waals surface area contributed by atoms with Crippen LogP contribution in [-0.2, 0) is 15.8 Å². The van der Waals surface area contributed by atoms with Crippen LogP contribution in [0.2, 0.25) is 5.02 Å². The van der Waals surface area contributed by atoms with Gasteiger partial charge in [0, 0.05) is 0 Å². The molecule has 1 aromatic rings. The summed E-state index contributed by atoms with van der Waals surface area (Å²) in [6.07, 6.45) is -3.64. The summed E-state index contributed by atoms with van der Waals surface area (Å²) in [5.74, 6) is -1.79. The standard InChI is InChI=1S/C14H14ClF3N2O3/c15-9-4-1-3-8(14(16,17)18)12(9)19-11(21)7-20-6-2-5-10(20)13(22)23/h1,3-4,10H,2,5-7H2,(H,19,21)(H,22,23)/t10-/m0/s1. The number of alkyl halides is 3. The number of carboxylic acid groups (broad SMARTS) is 1. The lowest BCUT2D eigenvalue weighted by Gasteiger charge is -2.21.